The van der Waals surface area contributed by atoms with Crippen molar-refractivity contribution in [2.45, 2.75) is 131 Å². The molecule has 0 fully saturated rings. The van der Waals surface area contributed by atoms with Gasteiger partial charge in [-0.1, -0.05) is 30.4 Å². The van der Waals surface area contributed by atoms with E-state index >= 15 is 0 Å². The average Bonchev–Trinajstić information content (AvgIpc) is 3.14. The van der Waals surface area contributed by atoms with E-state index in [4.69, 9.17) is 18.9 Å². The second-order valence-electron chi connectivity index (χ2n) is 19.7. The molecule has 19 heteroatoms. The number of benzene rings is 2. The monoisotopic (exact) mass is 925 g/mol. The number of ether oxygens (including phenoxy) is 4. The standard InChI is InChI=1S/C47H62F3N7O9/c1-28-26-31(29-18-22-56(23-19-29)37(52-39(59)63-43(2,3)4)53-40(60)64-44(5,6)7)14-16-33(28)36(58)51-35-17-15-32(27-34(35)47(48,49)50)30-20-24-57(25-21-30)38(54-41(61)65-45(8,9)10)55-42(62)66-46(11,12)13/h14-18,20,26-27H,19,21-25H2,1-13H3,(H,51,58)(H,52,53,59,60)(H,54,55,61,62). The van der Waals surface area contributed by atoms with Crippen molar-refractivity contribution in [1.29, 1.82) is 0 Å². The van der Waals surface area contributed by atoms with Crippen molar-refractivity contribution in [2.75, 3.05) is 31.5 Å². The Morgan fingerprint density at radius 2 is 1.00 bits per heavy atom. The van der Waals surface area contributed by atoms with Gasteiger partial charge in [-0.15, -0.1) is 9.98 Å². The number of alkyl halides is 3. The molecule has 2 aromatic rings. The number of carbonyl (C=O) groups excluding carboxylic acids is 5. The lowest BCUT2D eigenvalue weighted by atomic mass is 9.95. The van der Waals surface area contributed by atoms with Crippen molar-refractivity contribution in [3.8, 4) is 0 Å². The van der Waals surface area contributed by atoms with E-state index in [2.05, 4.69) is 25.9 Å². The summed E-state index contributed by atoms with van der Waals surface area (Å²) in [6.07, 6.45) is -4.11. The van der Waals surface area contributed by atoms with Crippen LogP contribution in [0.2, 0.25) is 0 Å². The molecule has 3 N–H and O–H groups in total. The highest BCUT2D eigenvalue weighted by Gasteiger charge is 2.35. The van der Waals surface area contributed by atoms with E-state index in [0.29, 0.717) is 24.1 Å². The Labute approximate surface area is 384 Å². The molecule has 0 radical (unpaired) electrons. The van der Waals surface area contributed by atoms with Crippen molar-refractivity contribution in [3.05, 3.63) is 76.4 Å². The number of halogens is 3. The van der Waals surface area contributed by atoms with E-state index in [1.54, 1.807) is 124 Å². The number of guanidine groups is 2. The highest BCUT2D eigenvalue weighted by Crippen LogP contribution is 2.38. The number of alkyl carbamates (subject to hydrolysis) is 2. The average molecular weight is 926 g/mol. The van der Waals surface area contributed by atoms with Gasteiger partial charge in [0.2, 0.25) is 11.9 Å². The van der Waals surface area contributed by atoms with Crippen LogP contribution in [0.15, 0.2) is 58.5 Å². The summed E-state index contributed by atoms with van der Waals surface area (Å²) in [7, 11) is 0. The molecule has 2 aliphatic heterocycles. The van der Waals surface area contributed by atoms with Crippen LogP contribution < -0.4 is 16.0 Å². The van der Waals surface area contributed by atoms with Gasteiger partial charge in [0.25, 0.3) is 5.91 Å². The summed E-state index contributed by atoms with van der Waals surface area (Å²) in [6.45, 7) is 22.7. The number of amides is 5. The Morgan fingerprint density at radius 1 is 0.591 bits per heavy atom. The van der Waals surface area contributed by atoms with Crippen molar-refractivity contribution < 1.29 is 56.1 Å². The number of carbonyl (C=O) groups is 5. The van der Waals surface area contributed by atoms with Gasteiger partial charge < -0.3 is 34.1 Å². The molecule has 0 saturated carbocycles. The van der Waals surface area contributed by atoms with E-state index < -0.39 is 70.1 Å². The minimum atomic E-state index is -4.83. The van der Waals surface area contributed by atoms with Crippen LogP contribution in [0, 0.1) is 6.92 Å². The Hall–Kier alpha value is -6.40. The van der Waals surface area contributed by atoms with Gasteiger partial charge in [-0.05, 0) is 149 Å². The molecular formula is C47H62F3N7O9. The van der Waals surface area contributed by atoms with Gasteiger partial charge in [0.15, 0.2) is 0 Å². The van der Waals surface area contributed by atoms with Gasteiger partial charge in [0.05, 0.1) is 11.3 Å². The van der Waals surface area contributed by atoms with E-state index in [9.17, 15) is 37.1 Å². The Bertz CT molecular complexity index is 2310. The van der Waals surface area contributed by atoms with Crippen LogP contribution in [0.5, 0.6) is 0 Å². The molecule has 0 aliphatic carbocycles. The highest BCUT2D eigenvalue weighted by atomic mass is 19.4. The number of anilines is 1. The fourth-order valence-electron chi connectivity index (χ4n) is 6.53. The third-order valence-electron chi connectivity index (χ3n) is 9.21. The molecule has 0 saturated heterocycles. The third-order valence-corrected chi connectivity index (χ3v) is 9.21. The molecule has 0 aromatic heterocycles. The summed E-state index contributed by atoms with van der Waals surface area (Å²) in [5.74, 6) is -0.923. The minimum absolute atomic E-state index is 0.0456. The molecule has 0 spiro atoms. The topological polar surface area (TPSA) is 190 Å². The molecule has 0 bridgehead atoms. The van der Waals surface area contributed by atoms with Crippen molar-refractivity contribution in [3.63, 3.8) is 0 Å². The summed E-state index contributed by atoms with van der Waals surface area (Å²) in [6, 6.07) is 8.70. The predicted octanol–water partition coefficient (Wildman–Crippen LogP) is 10.1. The molecule has 2 aliphatic rings. The zero-order valence-corrected chi connectivity index (χ0v) is 40.0. The minimum Gasteiger partial charge on any atom is -0.444 e. The normalized spacial score (nSPS) is 15.5. The molecule has 0 atom stereocenters. The summed E-state index contributed by atoms with van der Waals surface area (Å²) in [5, 5.41) is 7.50. The lowest BCUT2D eigenvalue weighted by Gasteiger charge is -2.30. The Kier molecular flexibility index (Phi) is 16.2. The summed E-state index contributed by atoms with van der Waals surface area (Å²) < 4.78 is 65.2. The number of hydrogen-bond acceptors (Lipinski definition) is 9. The van der Waals surface area contributed by atoms with Gasteiger partial charge in [-0.3, -0.25) is 15.4 Å². The molecule has 360 valence electrons. The molecule has 66 heavy (non-hydrogen) atoms. The highest BCUT2D eigenvalue weighted by molar-refractivity contribution is 6.06. The second kappa shape index (κ2) is 20.4. The maximum absolute atomic E-state index is 14.6. The quantitative estimate of drug-likeness (QED) is 0.150. The van der Waals surface area contributed by atoms with Crippen molar-refractivity contribution >= 4 is 59.0 Å². The van der Waals surface area contributed by atoms with Gasteiger partial charge in [-0.2, -0.15) is 13.2 Å². The van der Waals surface area contributed by atoms with E-state index in [0.717, 1.165) is 17.2 Å². The third kappa shape index (κ3) is 16.5. The van der Waals surface area contributed by atoms with Gasteiger partial charge in [-0.25, -0.2) is 19.2 Å². The van der Waals surface area contributed by atoms with Crippen LogP contribution in [0.25, 0.3) is 11.1 Å². The smallest absolute Gasteiger partial charge is 0.437 e. The summed E-state index contributed by atoms with van der Waals surface area (Å²) in [5.41, 5.74) is -1.60. The fraction of sp³-hybridized carbons (Fsp3) is 0.511. The number of nitrogens with one attached hydrogen (secondary N) is 3. The molecule has 2 aromatic carbocycles. The maximum Gasteiger partial charge on any atom is 0.437 e. The number of aryl methyl sites for hydroxylation is 1. The van der Waals surface area contributed by atoms with E-state index in [-0.39, 0.29) is 49.1 Å². The number of nitrogens with zero attached hydrogens (tertiary/aromatic N) is 4. The van der Waals surface area contributed by atoms with Crippen LogP contribution in [-0.4, -0.2) is 101 Å². The first-order chi connectivity index (χ1) is 30.2. The molecule has 5 amide bonds. The molecule has 4 rings (SSSR count). The first-order valence-corrected chi connectivity index (χ1v) is 21.4. The molecule has 0 unspecified atom stereocenters. The van der Waals surface area contributed by atoms with Gasteiger partial charge in [0, 0.05) is 31.7 Å². The fourth-order valence-corrected chi connectivity index (χ4v) is 6.53. The SMILES string of the molecule is Cc1cc(C2=CCN(/C(=N\C(=O)OC(C)(C)C)NC(=O)OC(C)(C)C)CC2)ccc1C(=O)Nc1ccc(C2=CCN(/C(=N\C(=O)OC(C)(C)C)NC(=O)OC(C)(C)C)CC2)cc1C(F)(F)F. The predicted molar refractivity (Wildman–Crippen MR) is 245 cm³/mol. The molecule has 16 nitrogen and oxygen atoms in total. The van der Waals surface area contributed by atoms with Crippen molar-refractivity contribution in [1.82, 2.24) is 20.4 Å². The molecular weight excluding hydrogens is 864 g/mol. The Morgan fingerprint density at radius 3 is 1.36 bits per heavy atom. The molecule has 2 heterocycles. The van der Waals surface area contributed by atoms with Gasteiger partial charge >= 0.3 is 30.5 Å². The van der Waals surface area contributed by atoms with Gasteiger partial charge in [0.1, 0.15) is 22.4 Å². The van der Waals surface area contributed by atoms with Crippen molar-refractivity contribution in [2.24, 2.45) is 9.98 Å². The zero-order chi connectivity index (χ0) is 49.6. The van der Waals surface area contributed by atoms with Crippen LogP contribution in [0.4, 0.5) is 38.0 Å². The van der Waals surface area contributed by atoms with Crippen LogP contribution in [-0.2, 0) is 25.1 Å². The van der Waals surface area contributed by atoms with Crippen LogP contribution in [0.1, 0.15) is 129 Å². The first-order valence-electron chi connectivity index (χ1n) is 21.4. The number of hydrogen-bond donors (Lipinski definition) is 3. The second-order valence-corrected chi connectivity index (χ2v) is 19.7. The first kappa shape index (κ1) is 52.2. The Balaban J connectivity index is 1.51. The number of aliphatic imine (C=N–C) groups is 2. The van der Waals surface area contributed by atoms with Crippen LogP contribution in [0.3, 0.4) is 0 Å². The lowest BCUT2D eigenvalue weighted by Crippen LogP contribution is -2.48. The zero-order valence-electron chi connectivity index (χ0n) is 40.0. The van der Waals surface area contributed by atoms with Crippen LogP contribution >= 0.6 is 0 Å². The van der Waals surface area contributed by atoms with E-state index in [1.165, 1.54) is 12.1 Å². The van der Waals surface area contributed by atoms with E-state index in [1.807, 2.05) is 6.08 Å². The lowest BCUT2D eigenvalue weighted by molar-refractivity contribution is -0.137. The summed E-state index contributed by atoms with van der Waals surface area (Å²) in [4.78, 5) is 75.3. The summed E-state index contributed by atoms with van der Waals surface area (Å²) >= 11 is 0. The largest absolute Gasteiger partial charge is 0.444 e. The number of rotatable bonds is 4. The maximum atomic E-state index is 14.6.